The number of pyridine rings is 2. The van der Waals surface area contributed by atoms with Crippen LogP contribution < -0.4 is 4.74 Å². The second kappa shape index (κ2) is 6.15. The van der Waals surface area contributed by atoms with Crippen LogP contribution in [0.15, 0.2) is 71.9 Å². The standard InChI is InChI=1S/C16H12N2O4S/c19-23(20,21)15-11-18-16(22-12-6-2-1-3-7-12)10-13(15)14-8-4-5-9-17-14/h1-11H,(H,19,20,21). The van der Waals surface area contributed by atoms with Crippen molar-refractivity contribution in [2.45, 2.75) is 4.90 Å². The molecule has 0 unspecified atom stereocenters. The minimum Gasteiger partial charge on any atom is -0.439 e. The van der Waals surface area contributed by atoms with Gasteiger partial charge in [0.1, 0.15) is 10.6 Å². The van der Waals surface area contributed by atoms with E-state index in [1.54, 1.807) is 30.3 Å². The van der Waals surface area contributed by atoms with E-state index in [0.29, 0.717) is 11.4 Å². The molecule has 23 heavy (non-hydrogen) atoms. The zero-order valence-corrected chi connectivity index (χ0v) is 12.6. The van der Waals surface area contributed by atoms with Gasteiger partial charge in [-0.05, 0) is 24.3 Å². The lowest BCUT2D eigenvalue weighted by Gasteiger charge is -2.09. The molecule has 0 saturated carbocycles. The second-order valence-electron chi connectivity index (χ2n) is 4.62. The largest absolute Gasteiger partial charge is 0.439 e. The molecule has 0 bridgehead atoms. The van der Waals surface area contributed by atoms with E-state index < -0.39 is 10.1 Å². The Labute approximate surface area is 133 Å². The van der Waals surface area contributed by atoms with Crippen molar-refractivity contribution in [3.63, 3.8) is 0 Å². The number of aromatic nitrogens is 2. The molecule has 2 heterocycles. The van der Waals surface area contributed by atoms with Gasteiger partial charge in [-0.2, -0.15) is 8.42 Å². The molecule has 0 amide bonds. The summed E-state index contributed by atoms with van der Waals surface area (Å²) in [4.78, 5) is 7.73. The molecule has 1 N–H and O–H groups in total. The zero-order valence-electron chi connectivity index (χ0n) is 11.8. The van der Waals surface area contributed by atoms with Crippen LogP contribution in [0.2, 0.25) is 0 Å². The first-order valence-electron chi connectivity index (χ1n) is 6.66. The summed E-state index contributed by atoms with van der Waals surface area (Å²) in [6.45, 7) is 0. The second-order valence-corrected chi connectivity index (χ2v) is 6.01. The van der Waals surface area contributed by atoms with Gasteiger partial charge in [0.2, 0.25) is 5.88 Å². The molecule has 116 valence electrons. The molecular weight excluding hydrogens is 316 g/mol. The molecule has 0 aliphatic rings. The summed E-state index contributed by atoms with van der Waals surface area (Å²) in [5, 5.41) is 0. The number of ether oxygens (including phenoxy) is 1. The number of hydrogen-bond donors (Lipinski definition) is 1. The molecule has 1 aromatic carbocycles. The van der Waals surface area contributed by atoms with Crippen molar-refractivity contribution < 1.29 is 17.7 Å². The Morgan fingerprint density at radius 3 is 2.35 bits per heavy atom. The van der Waals surface area contributed by atoms with E-state index in [2.05, 4.69) is 9.97 Å². The molecule has 0 radical (unpaired) electrons. The Balaban J connectivity index is 2.09. The van der Waals surface area contributed by atoms with Gasteiger partial charge in [0.25, 0.3) is 10.1 Å². The van der Waals surface area contributed by atoms with Crippen molar-refractivity contribution in [3.05, 3.63) is 67.0 Å². The van der Waals surface area contributed by atoms with Crippen molar-refractivity contribution in [1.29, 1.82) is 0 Å². The van der Waals surface area contributed by atoms with Gasteiger partial charge < -0.3 is 4.74 Å². The van der Waals surface area contributed by atoms with E-state index in [0.717, 1.165) is 6.20 Å². The average molecular weight is 328 g/mol. The van der Waals surface area contributed by atoms with Crippen LogP contribution in [0.5, 0.6) is 11.6 Å². The number of nitrogens with zero attached hydrogens (tertiary/aromatic N) is 2. The first-order valence-corrected chi connectivity index (χ1v) is 8.10. The first-order chi connectivity index (χ1) is 11.0. The summed E-state index contributed by atoms with van der Waals surface area (Å²) in [6.07, 6.45) is 2.58. The van der Waals surface area contributed by atoms with E-state index in [-0.39, 0.29) is 16.3 Å². The molecule has 0 fully saturated rings. The number of hydrogen-bond acceptors (Lipinski definition) is 5. The van der Waals surface area contributed by atoms with Crippen molar-refractivity contribution in [2.24, 2.45) is 0 Å². The molecule has 0 spiro atoms. The maximum absolute atomic E-state index is 11.5. The van der Waals surface area contributed by atoms with Crippen LogP contribution in [0.25, 0.3) is 11.3 Å². The highest BCUT2D eigenvalue weighted by Crippen LogP contribution is 2.29. The molecule has 0 aliphatic heterocycles. The predicted molar refractivity (Wildman–Crippen MR) is 83.8 cm³/mol. The van der Waals surface area contributed by atoms with E-state index in [1.165, 1.54) is 12.3 Å². The highest BCUT2D eigenvalue weighted by Gasteiger charge is 2.19. The topological polar surface area (TPSA) is 89.4 Å². The van der Waals surface area contributed by atoms with Crippen LogP contribution in [0.1, 0.15) is 0 Å². The third-order valence-electron chi connectivity index (χ3n) is 3.03. The quantitative estimate of drug-likeness (QED) is 0.740. The predicted octanol–water partition coefficient (Wildman–Crippen LogP) is 3.18. The van der Waals surface area contributed by atoms with Gasteiger partial charge >= 0.3 is 0 Å². The van der Waals surface area contributed by atoms with E-state index in [9.17, 15) is 13.0 Å². The van der Waals surface area contributed by atoms with Crippen LogP contribution in [-0.2, 0) is 10.1 Å². The highest BCUT2D eigenvalue weighted by molar-refractivity contribution is 7.86. The maximum Gasteiger partial charge on any atom is 0.296 e. The van der Waals surface area contributed by atoms with Crippen LogP contribution in [0.4, 0.5) is 0 Å². The molecule has 2 aromatic heterocycles. The zero-order chi connectivity index (χ0) is 16.3. The monoisotopic (exact) mass is 328 g/mol. The Morgan fingerprint density at radius 1 is 0.957 bits per heavy atom. The lowest BCUT2D eigenvalue weighted by Crippen LogP contribution is -2.03. The fourth-order valence-corrected chi connectivity index (χ4v) is 2.64. The first kappa shape index (κ1) is 15.1. The summed E-state index contributed by atoms with van der Waals surface area (Å²) >= 11 is 0. The minimum absolute atomic E-state index is 0.198. The van der Waals surface area contributed by atoms with Gasteiger partial charge in [-0.25, -0.2) is 4.98 Å². The normalized spacial score (nSPS) is 11.2. The Morgan fingerprint density at radius 2 is 1.70 bits per heavy atom. The molecular formula is C16H12N2O4S. The summed E-state index contributed by atoms with van der Waals surface area (Å²) < 4.78 is 38.1. The van der Waals surface area contributed by atoms with Gasteiger partial charge in [0.15, 0.2) is 0 Å². The lowest BCUT2D eigenvalue weighted by molar-refractivity contribution is 0.460. The maximum atomic E-state index is 11.5. The summed E-state index contributed by atoms with van der Waals surface area (Å²) in [5.74, 6) is 0.760. The molecule has 6 nitrogen and oxygen atoms in total. The fourth-order valence-electron chi connectivity index (χ4n) is 2.02. The van der Waals surface area contributed by atoms with Gasteiger partial charge in [-0.15, -0.1) is 0 Å². The fraction of sp³-hybridized carbons (Fsp3) is 0. The van der Waals surface area contributed by atoms with Gasteiger partial charge in [0.05, 0.1) is 11.9 Å². The van der Waals surface area contributed by atoms with Crippen LogP contribution in [0.3, 0.4) is 0 Å². The lowest BCUT2D eigenvalue weighted by atomic mass is 10.2. The van der Waals surface area contributed by atoms with E-state index in [4.69, 9.17) is 4.74 Å². The van der Waals surface area contributed by atoms with Gasteiger partial charge in [0, 0.05) is 17.8 Å². The minimum atomic E-state index is -4.43. The van der Waals surface area contributed by atoms with Gasteiger partial charge in [-0.3, -0.25) is 9.54 Å². The molecule has 7 heteroatoms. The Bertz CT molecular complexity index is 913. The smallest absolute Gasteiger partial charge is 0.296 e. The van der Waals surface area contributed by atoms with Crippen LogP contribution in [-0.4, -0.2) is 22.9 Å². The van der Waals surface area contributed by atoms with E-state index in [1.807, 2.05) is 18.2 Å². The molecule has 3 aromatic rings. The third kappa shape index (κ3) is 3.53. The SMILES string of the molecule is O=S(=O)(O)c1cnc(Oc2ccccc2)cc1-c1ccccn1. The molecule has 0 atom stereocenters. The number of benzene rings is 1. The highest BCUT2D eigenvalue weighted by atomic mass is 32.2. The summed E-state index contributed by atoms with van der Waals surface area (Å²) in [5.41, 5.74) is 0.606. The van der Waals surface area contributed by atoms with Crippen molar-refractivity contribution >= 4 is 10.1 Å². The molecule has 0 aliphatic carbocycles. The molecule has 0 saturated heterocycles. The van der Waals surface area contributed by atoms with Crippen molar-refractivity contribution in [2.75, 3.05) is 0 Å². The Kier molecular flexibility index (Phi) is 4.05. The van der Waals surface area contributed by atoms with Crippen molar-refractivity contribution in [3.8, 4) is 22.9 Å². The van der Waals surface area contributed by atoms with Gasteiger partial charge in [-0.1, -0.05) is 24.3 Å². The number of para-hydroxylation sites is 1. The third-order valence-corrected chi connectivity index (χ3v) is 3.91. The van der Waals surface area contributed by atoms with Crippen LogP contribution in [0, 0.1) is 0 Å². The average Bonchev–Trinajstić information content (AvgIpc) is 2.55. The molecule has 3 rings (SSSR count). The van der Waals surface area contributed by atoms with Crippen molar-refractivity contribution in [1.82, 2.24) is 9.97 Å². The summed E-state index contributed by atoms with van der Waals surface area (Å²) in [6, 6.07) is 15.4. The van der Waals surface area contributed by atoms with Crippen LogP contribution >= 0.6 is 0 Å². The number of rotatable bonds is 4. The Hall–Kier alpha value is -2.77. The van der Waals surface area contributed by atoms with E-state index >= 15 is 0 Å². The summed E-state index contributed by atoms with van der Waals surface area (Å²) in [7, 11) is -4.43.